The fraction of sp³-hybridized carbons (Fsp3) is 0.429. The number of nitriles is 1. The fourth-order valence-corrected chi connectivity index (χ4v) is 2.53. The molecular weight excluding hydrogens is 226 g/mol. The van der Waals surface area contributed by atoms with Gasteiger partial charge in [-0.2, -0.15) is 5.26 Å². The highest BCUT2D eigenvalue weighted by Crippen LogP contribution is 2.29. The van der Waals surface area contributed by atoms with Crippen molar-refractivity contribution in [2.24, 2.45) is 5.73 Å². The van der Waals surface area contributed by atoms with Gasteiger partial charge in [0.15, 0.2) is 0 Å². The van der Waals surface area contributed by atoms with Crippen LogP contribution in [0.5, 0.6) is 0 Å². The Balaban J connectivity index is 2.38. The smallest absolute Gasteiger partial charge is 0.222 e. The Hall–Kier alpha value is -1.86. The molecule has 4 nitrogen and oxygen atoms in total. The van der Waals surface area contributed by atoms with E-state index in [4.69, 9.17) is 11.0 Å². The molecule has 0 radical (unpaired) electrons. The number of benzene rings is 1. The lowest BCUT2D eigenvalue weighted by Crippen LogP contribution is -2.39. The highest BCUT2D eigenvalue weighted by molar-refractivity contribution is 5.76. The Morgan fingerprint density at radius 3 is 3.00 bits per heavy atom. The molecule has 0 aliphatic carbocycles. The maximum Gasteiger partial charge on any atom is 0.222 e. The molecule has 1 fully saturated rings. The van der Waals surface area contributed by atoms with Crippen molar-refractivity contribution in [1.82, 2.24) is 4.90 Å². The van der Waals surface area contributed by atoms with E-state index < -0.39 is 0 Å². The van der Waals surface area contributed by atoms with E-state index in [0.29, 0.717) is 12.0 Å². The van der Waals surface area contributed by atoms with Crippen LogP contribution in [-0.2, 0) is 4.79 Å². The van der Waals surface area contributed by atoms with E-state index in [0.717, 1.165) is 18.4 Å². The van der Waals surface area contributed by atoms with Gasteiger partial charge in [-0.05, 0) is 30.5 Å². The molecule has 18 heavy (non-hydrogen) atoms. The molecule has 0 aromatic heterocycles. The lowest BCUT2D eigenvalue weighted by Gasteiger charge is -2.30. The molecule has 2 N–H and O–H groups in total. The number of nitrogens with zero attached hydrogens (tertiary/aromatic N) is 2. The van der Waals surface area contributed by atoms with Crippen molar-refractivity contribution in [1.29, 1.82) is 5.26 Å². The number of hydrogen-bond donors (Lipinski definition) is 1. The molecule has 94 valence electrons. The van der Waals surface area contributed by atoms with E-state index in [-0.39, 0.29) is 18.0 Å². The molecule has 0 spiro atoms. The van der Waals surface area contributed by atoms with Gasteiger partial charge in [0, 0.05) is 19.5 Å². The third-order valence-electron chi connectivity index (χ3n) is 3.50. The van der Waals surface area contributed by atoms with Gasteiger partial charge in [-0.25, -0.2) is 0 Å². The minimum Gasteiger partial charge on any atom is -0.337 e. The highest BCUT2D eigenvalue weighted by atomic mass is 16.2. The van der Waals surface area contributed by atoms with Crippen LogP contribution in [0.3, 0.4) is 0 Å². The van der Waals surface area contributed by atoms with Crippen molar-refractivity contribution in [3.05, 3.63) is 35.4 Å². The Kier molecular flexibility index (Phi) is 3.63. The predicted octanol–water partition coefficient (Wildman–Crippen LogP) is 1.57. The standard InChI is InChI=1S/C14H17N3O/c1-17-13(18)7-3-6-12(16)14(17)11-5-2-4-10(8-11)9-15/h2,4-5,8,12,14H,3,6-7,16H2,1H3. The van der Waals surface area contributed by atoms with Crippen LogP contribution in [0.25, 0.3) is 0 Å². The Morgan fingerprint density at radius 2 is 2.28 bits per heavy atom. The van der Waals surface area contributed by atoms with Crippen LogP contribution in [0.15, 0.2) is 24.3 Å². The van der Waals surface area contributed by atoms with Crippen LogP contribution < -0.4 is 5.73 Å². The van der Waals surface area contributed by atoms with E-state index in [1.165, 1.54) is 0 Å². The van der Waals surface area contributed by atoms with Crippen molar-refractivity contribution in [3.63, 3.8) is 0 Å². The molecule has 1 amide bonds. The van der Waals surface area contributed by atoms with Crippen molar-refractivity contribution >= 4 is 5.91 Å². The predicted molar refractivity (Wildman–Crippen MR) is 68.5 cm³/mol. The van der Waals surface area contributed by atoms with E-state index in [1.807, 2.05) is 18.2 Å². The first kappa shape index (κ1) is 12.6. The number of carbonyl (C=O) groups excluding carboxylic acids is 1. The Bertz CT molecular complexity index is 492. The fourth-order valence-electron chi connectivity index (χ4n) is 2.53. The second kappa shape index (κ2) is 5.19. The lowest BCUT2D eigenvalue weighted by atomic mass is 9.95. The van der Waals surface area contributed by atoms with E-state index in [9.17, 15) is 4.79 Å². The second-order valence-corrected chi connectivity index (χ2v) is 4.74. The molecule has 2 rings (SSSR count). The normalized spacial score (nSPS) is 24.5. The van der Waals surface area contributed by atoms with Gasteiger partial charge in [-0.1, -0.05) is 12.1 Å². The van der Waals surface area contributed by atoms with E-state index >= 15 is 0 Å². The summed E-state index contributed by atoms with van der Waals surface area (Å²) in [6.45, 7) is 0. The topological polar surface area (TPSA) is 70.1 Å². The molecule has 1 aliphatic heterocycles. The minimum atomic E-state index is -0.131. The maximum absolute atomic E-state index is 11.9. The average molecular weight is 243 g/mol. The van der Waals surface area contributed by atoms with Gasteiger partial charge in [0.05, 0.1) is 17.7 Å². The summed E-state index contributed by atoms with van der Waals surface area (Å²) in [5, 5.41) is 8.94. The Labute approximate surface area is 107 Å². The summed E-state index contributed by atoms with van der Waals surface area (Å²) in [7, 11) is 1.79. The van der Waals surface area contributed by atoms with Gasteiger partial charge >= 0.3 is 0 Å². The SMILES string of the molecule is CN1C(=O)CCCC(N)C1c1cccc(C#N)c1. The van der Waals surface area contributed by atoms with Crippen LogP contribution in [-0.4, -0.2) is 23.9 Å². The molecule has 1 saturated heterocycles. The van der Waals surface area contributed by atoms with Crippen LogP contribution in [0.4, 0.5) is 0 Å². The number of rotatable bonds is 1. The summed E-state index contributed by atoms with van der Waals surface area (Å²) in [5.74, 6) is 0.121. The molecule has 0 bridgehead atoms. The third-order valence-corrected chi connectivity index (χ3v) is 3.50. The number of amides is 1. The molecule has 1 aromatic rings. The summed E-state index contributed by atoms with van der Waals surface area (Å²) in [5.41, 5.74) is 7.72. The highest BCUT2D eigenvalue weighted by Gasteiger charge is 2.30. The number of hydrogen-bond acceptors (Lipinski definition) is 3. The zero-order valence-electron chi connectivity index (χ0n) is 10.5. The largest absolute Gasteiger partial charge is 0.337 e. The van der Waals surface area contributed by atoms with Gasteiger partial charge in [-0.15, -0.1) is 0 Å². The zero-order valence-corrected chi connectivity index (χ0v) is 10.5. The lowest BCUT2D eigenvalue weighted by molar-refractivity contribution is -0.131. The summed E-state index contributed by atoms with van der Waals surface area (Å²) in [4.78, 5) is 13.6. The summed E-state index contributed by atoms with van der Waals surface area (Å²) in [6, 6.07) is 9.26. The summed E-state index contributed by atoms with van der Waals surface area (Å²) in [6.07, 6.45) is 2.22. The minimum absolute atomic E-state index is 0.0737. The number of carbonyl (C=O) groups is 1. The molecule has 2 atom stereocenters. The summed E-state index contributed by atoms with van der Waals surface area (Å²) >= 11 is 0. The van der Waals surface area contributed by atoms with Crippen molar-refractivity contribution in [3.8, 4) is 6.07 Å². The van der Waals surface area contributed by atoms with Crippen LogP contribution in [0, 0.1) is 11.3 Å². The first-order valence-corrected chi connectivity index (χ1v) is 6.15. The first-order valence-electron chi connectivity index (χ1n) is 6.15. The Morgan fingerprint density at radius 1 is 1.50 bits per heavy atom. The van der Waals surface area contributed by atoms with Crippen molar-refractivity contribution < 1.29 is 4.79 Å². The molecule has 1 aromatic carbocycles. The number of likely N-dealkylation sites (N-methyl/N-ethyl adjacent to an activating group) is 1. The molecular formula is C14H17N3O. The van der Waals surface area contributed by atoms with Gasteiger partial charge in [0.25, 0.3) is 0 Å². The number of nitrogens with two attached hydrogens (primary N) is 1. The monoisotopic (exact) mass is 243 g/mol. The molecule has 0 saturated carbocycles. The van der Waals surface area contributed by atoms with Crippen LogP contribution in [0.1, 0.15) is 36.4 Å². The second-order valence-electron chi connectivity index (χ2n) is 4.74. The van der Waals surface area contributed by atoms with Gasteiger partial charge in [0.1, 0.15) is 0 Å². The van der Waals surface area contributed by atoms with Crippen LogP contribution in [0.2, 0.25) is 0 Å². The molecule has 2 unspecified atom stereocenters. The van der Waals surface area contributed by atoms with Gasteiger partial charge < -0.3 is 10.6 Å². The van der Waals surface area contributed by atoms with Crippen molar-refractivity contribution in [2.75, 3.05) is 7.05 Å². The van der Waals surface area contributed by atoms with E-state index in [2.05, 4.69) is 6.07 Å². The quantitative estimate of drug-likeness (QED) is 0.813. The van der Waals surface area contributed by atoms with E-state index in [1.54, 1.807) is 18.0 Å². The maximum atomic E-state index is 11.9. The molecule has 4 heteroatoms. The first-order chi connectivity index (χ1) is 8.63. The zero-order chi connectivity index (χ0) is 13.1. The average Bonchev–Trinajstić information content (AvgIpc) is 2.50. The summed E-state index contributed by atoms with van der Waals surface area (Å²) < 4.78 is 0. The van der Waals surface area contributed by atoms with Gasteiger partial charge in [0.2, 0.25) is 5.91 Å². The van der Waals surface area contributed by atoms with Crippen LogP contribution >= 0.6 is 0 Å². The molecule has 1 aliphatic rings. The van der Waals surface area contributed by atoms with Crippen molar-refractivity contribution in [2.45, 2.75) is 31.3 Å². The van der Waals surface area contributed by atoms with Gasteiger partial charge in [-0.3, -0.25) is 4.79 Å². The number of likely N-dealkylation sites (tertiary alicyclic amines) is 1. The third kappa shape index (κ3) is 2.36. The molecule has 1 heterocycles.